The van der Waals surface area contributed by atoms with Crippen molar-refractivity contribution < 1.29 is 43.1 Å². The molecule has 18 heavy (non-hydrogen) atoms. The van der Waals surface area contributed by atoms with Gasteiger partial charge in [0.25, 0.3) is 0 Å². The Labute approximate surface area is 98.2 Å². The molecule has 0 unspecified atom stereocenters. The predicted molar refractivity (Wildman–Crippen MR) is 41.5 cm³/mol. The highest BCUT2D eigenvalue weighted by atomic mass is 31.2. The zero-order valence-corrected chi connectivity index (χ0v) is 10.5. The molecule has 12 nitrogen and oxygen atoms in total. The Bertz CT molecular complexity index is 513. The van der Waals surface area contributed by atoms with Gasteiger partial charge in [-0.3, -0.25) is 0 Å². The Morgan fingerprint density at radius 3 is 0.833 bits per heavy atom. The van der Waals surface area contributed by atoms with Gasteiger partial charge in [0.15, 0.2) is 16.7 Å². The molecule has 0 aliphatic heterocycles. The zero-order valence-electron chi connectivity index (χ0n) is 7.86. The van der Waals surface area contributed by atoms with Gasteiger partial charge in [0, 0.05) is 22.8 Å². The maximum atomic E-state index is 10.5. The molecule has 1 rings (SSSR count). The van der Waals surface area contributed by atoms with Gasteiger partial charge in [0.05, 0.1) is 0 Å². The number of nitrogens with zero attached hydrogens (tertiary/aromatic N) is 3. The predicted octanol–water partition coefficient (Wildman–Crippen LogP) is -7.51. The van der Waals surface area contributed by atoms with Crippen LogP contribution >= 0.6 is 22.8 Å². The Morgan fingerprint density at radius 2 is 0.722 bits per heavy atom. The number of aromatic nitrogens is 3. The first-order valence-corrected chi connectivity index (χ1v) is 8.28. The molecule has 1 aromatic rings. The van der Waals surface area contributed by atoms with Crippen LogP contribution < -0.4 is 46.1 Å². The smallest absolute Gasteiger partial charge is 0.163 e. The van der Waals surface area contributed by atoms with E-state index in [1.807, 2.05) is 0 Å². The van der Waals surface area contributed by atoms with Crippen molar-refractivity contribution in [3.05, 3.63) is 0 Å². The van der Waals surface area contributed by atoms with Crippen molar-refractivity contribution in [1.82, 2.24) is 15.0 Å². The molecule has 0 aromatic carbocycles. The molecule has 0 saturated heterocycles. The summed E-state index contributed by atoms with van der Waals surface area (Å²) in [6.45, 7) is 0. The lowest BCUT2D eigenvalue weighted by Gasteiger charge is -2.34. The molecule has 0 aliphatic carbocycles. The molecule has 0 saturated carbocycles. The van der Waals surface area contributed by atoms with Crippen molar-refractivity contribution in [2.24, 2.45) is 0 Å². The summed E-state index contributed by atoms with van der Waals surface area (Å²) in [5.41, 5.74) is -5.45. The minimum absolute atomic E-state index is 1.82. The summed E-state index contributed by atoms with van der Waals surface area (Å²) < 4.78 is 31.6. The lowest BCUT2D eigenvalue weighted by atomic mass is 11.1. The third kappa shape index (κ3) is 3.72. The maximum absolute atomic E-state index is 10.5. The highest BCUT2D eigenvalue weighted by Gasteiger charge is 2.13. The molecule has 0 radical (unpaired) electrons. The van der Waals surface area contributed by atoms with Crippen LogP contribution in [0.15, 0.2) is 0 Å². The van der Waals surface area contributed by atoms with E-state index in [1.165, 1.54) is 0 Å². The lowest BCUT2D eigenvalue weighted by molar-refractivity contribution is -0.309. The zero-order chi connectivity index (χ0) is 14.4. The summed E-state index contributed by atoms with van der Waals surface area (Å²) in [5.74, 6) is 0. The SMILES string of the molecule is O=P([O-])([O-])c1nc(P(=O)([O-])[O-])nc(P(=O)([O-])[O-])n1. The fourth-order valence-electron chi connectivity index (χ4n) is 0.711. The molecule has 15 heteroatoms. The Hall–Kier alpha value is -0.540. The van der Waals surface area contributed by atoms with Gasteiger partial charge >= 0.3 is 0 Å². The van der Waals surface area contributed by atoms with Gasteiger partial charge in [-0.1, -0.05) is 0 Å². The quantitative estimate of drug-likeness (QED) is 0.473. The van der Waals surface area contributed by atoms with Crippen LogP contribution in [0.5, 0.6) is 0 Å². The third-order valence-electron chi connectivity index (χ3n) is 1.33. The van der Waals surface area contributed by atoms with Crippen LogP contribution in [0.2, 0.25) is 0 Å². The van der Waals surface area contributed by atoms with E-state index < -0.39 is 39.5 Å². The van der Waals surface area contributed by atoms with E-state index in [0.29, 0.717) is 0 Å². The second-order valence-corrected chi connectivity index (χ2v) is 6.91. The summed E-state index contributed by atoms with van der Waals surface area (Å²) in [4.78, 5) is 70.6. The number of hydrogen-bond acceptors (Lipinski definition) is 12. The van der Waals surface area contributed by atoms with E-state index in [0.717, 1.165) is 0 Å². The van der Waals surface area contributed by atoms with Gasteiger partial charge in [-0.25, -0.2) is 15.0 Å². The van der Waals surface area contributed by atoms with Crippen LogP contribution in [0, 0.1) is 0 Å². The van der Waals surface area contributed by atoms with E-state index in [4.69, 9.17) is 0 Å². The van der Waals surface area contributed by atoms with Gasteiger partial charge in [0.2, 0.25) is 0 Å². The second kappa shape index (κ2) is 4.53. The molecule has 1 heterocycles. The van der Waals surface area contributed by atoms with Gasteiger partial charge in [0.1, 0.15) is 0 Å². The van der Waals surface area contributed by atoms with Crippen molar-refractivity contribution in [1.29, 1.82) is 0 Å². The first kappa shape index (κ1) is 15.5. The van der Waals surface area contributed by atoms with Crippen molar-refractivity contribution in [3.8, 4) is 0 Å². The molecule has 0 N–H and O–H groups in total. The standard InChI is InChI=1S/C3H6N3O9P3/c7-16(8,9)1-4-2(17(10,11)12)6-3(5-1)18(13,14)15/h(H2,7,8,9)(H2,10,11,12)(H2,13,14,15)/p-6. The summed E-state index contributed by atoms with van der Waals surface area (Å²) in [6, 6.07) is 0. The average molecular weight is 315 g/mol. The first-order valence-electron chi connectivity index (χ1n) is 3.66. The topological polar surface area (TPSA) is 228 Å². The molecule has 0 spiro atoms. The van der Waals surface area contributed by atoms with Gasteiger partial charge in [-0.05, 0) is 0 Å². The largest absolute Gasteiger partial charge is 0.805 e. The van der Waals surface area contributed by atoms with E-state index in [1.54, 1.807) is 0 Å². The molecule has 102 valence electrons. The number of hydrogen-bond donors (Lipinski definition) is 0. The highest BCUT2D eigenvalue weighted by molar-refractivity contribution is 7.59. The van der Waals surface area contributed by atoms with Crippen LogP contribution in [0.25, 0.3) is 0 Å². The summed E-state index contributed by atoms with van der Waals surface area (Å²) in [7, 11) is -17.3. The van der Waals surface area contributed by atoms with Gasteiger partial charge in [-0.15, -0.1) is 0 Å². The lowest BCUT2D eigenvalue weighted by Crippen LogP contribution is -2.45. The van der Waals surface area contributed by atoms with Crippen molar-refractivity contribution >= 4 is 39.5 Å². The second-order valence-electron chi connectivity index (χ2n) is 2.73. The molecular weight excluding hydrogens is 315 g/mol. The third-order valence-corrected chi connectivity index (χ3v) is 3.40. The minimum Gasteiger partial charge on any atom is -0.805 e. The normalized spacial score (nSPS) is 13.7. The van der Waals surface area contributed by atoms with E-state index >= 15 is 0 Å². The van der Waals surface area contributed by atoms with Crippen LogP contribution in [-0.4, -0.2) is 15.0 Å². The monoisotopic (exact) mass is 315 g/mol. The molecule has 0 aliphatic rings. The number of rotatable bonds is 3. The Morgan fingerprint density at radius 1 is 0.556 bits per heavy atom. The molecular formula is C3N3O9P3-6. The molecule has 0 fully saturated rings. The molecule has 0 amide bonds. The van der Waals surface area contributed by atoms with E-state index in [-0.39, 0.29) is 0 Å². The summed E-state index contributed by atoms with van der Waals surface area (Å²) in [5, 5.41) is 0. The van der Waals surface area contributed by atoms with Crippen molar-refractivity contribution in [3.63, 3.8) is 0 Å². The van der Waals surface area contributed by atoms with Crippen LogP contribution in [0.3, 0.4) is 0 Å². The minimum atomic E-state index is -5.77. The van der Waals surface area contributed by atoms with E-state index in [9.17, 15) is 43.1 Å². The first-order chi connectivity index (χ1) is 7.82. The Balaban J connectivity index is 3.65. The van der Waals surface area contributed by atoms with Crippen molar-refractivity contribution in [2.45, 2.75) is 0 Å². The summed E-state index contributed by atoms with van der Waals surface area (Å²) >= 11 is 0. The fraction of sp³-hybridized carbons (Fsp3) is 0. The van der Waals surface area contributed by atoms with Crippen molar-refractivity contribution in [2.75, 3.05) is 0 Å². The van der Waals surface area contributed by atoms with Crippen LogP contribution in [-0.2, 0) is 13.7 Å². The maximum Gasteiger partial charge on any atom is 0.163 e. The summed E-state index contributed by atoms with van der Waals surface area (Å²) in [6.07, 6.45) is 0. The van der Waals surface area contributed by atoms with Gasteiger partial charge in [-0.2, -0.15) is 0 Å². The average Bonchev–Trinajstić information content (AvgIpc) is 2.13. The molecule has 1 aromatic heterocycles. The van der Waals surface area contributed by atoms with E-state index in [2.05, 4.69) is 15.0 Å². The van der Waals surface area contributed by atoms with Gasteiger partial charge < -0.3 is 43.1 Å². The van der Waals surface area contributed by atoms with Crippen LogP contribution in [0.4, 0.5) is 0 Å². The Kier molecular flexibility index (Phi) is 3.91. The molecule has 0 atom stereocenters. The molecule has 0 bridgehead atoms. The highest BCUT2D eigenvalue weighted by Crippen LogP contribution is 2.24. The fourth-order valence-corrected chi connectivity index (χ4v) is 2.25. The van der Waals surface area contributed by atoms with Crippen LogP contribution in [0.1, 0.15) is 0 Å².